The Morgan fingerprint density at radius 1 is 1.44 bits per heavy atom. The maximum atomic E-state index is 12.5. The molecular formula is C11H16F3N3O. The number of rotatable bonds is 5. The van der Waals surface area contributed by atoms with E-state index < -0.39 is 11.7 Å². The van der Waals surface area contributed by atoms with Gasteiger partial charge < -0.3 is 15.8 Å². The van der Waals surface area contributed by atoms with Gasteiger partial charge in [-0.05, 0) is 26.0 Å². The smallest absolute Gasteiger partial charge is 0.384 e. The molecule has 1 aromatic heterocycles. The summed E-state index contributed by atoms with van der Waals surface area (Å²) in [6.45, 7) is 4.56. The molecule has 1 heterocycles. The fourth-order valence-electron chi connectivity index (χ4n) is 1.40. The van der Waals surface area contributed by atoms with E-state index in [0.717, 1.165) is 12.1 Å². The lowest BCUT2D eigenvalue weighted by molar-refractivity contribution is -0.137. The van der Waals surface area contributed by atoms with Crippen LogP contribution in [0.3, 0.4) is 0 Å². The minimum atomic E-state index is -4.43. The number of nitrogen functional groups attached to an aromatic ring is 1. The fraction of sp³-hybridized carbons (Fsp3) is 0.545. The van der Waals surface area contributed by atoms with Crippen molar-refractivity contribution in [3.05, 3.63) is 17.7 Å². The van der Waals surface area contributed by atoms with Crippen LogP contribution in [-0.2, 0) is 10.9 Å². The summed E-state index contributed by atoms with van der Waals surface area (Å²) in [5, 5.41) is 2.77. The molecular weight excluding hydrogens is 247 g/mol. The van der Waals surface area contributed by atoms with E-state index in [1.165, 1.54) is 0 Å². The predicted octanol–water partition coefficient (Wildman–Crippen LogP) is 2.52. The molecule has 0 amide bonds. The van der Waals surface area contributed by atoms with Crippen molar-refractivity contribution < 1.29 is 17.9 Å². The average molecular weight is 263 g/mol. The number of nitrogens with two attached hydrogens (primary N) is 1. The molecule has 0 aromatic carbocycles. The van der Waals surface area contributed by atoms with Gasteiger partial charge in [0.05, 0.1) is 11.7 Å². The number of nitrogens with one attached hydrogen (secondary N) is 1. The van der Waals surface area contributed by atoms with Gasteiger partial charge in [0.2, 0.25) is 0 Å². The zero-order valence-electron chi connectivity index (χ0n) is 10.2. The number of anilines is 2. The zero-order valence-corrected chi connectivity index (χ0v) is 10.2. The van der Waals surface area contributed by atoms with Crippen molar-refractivity contribution in [1.82, 2.24) is 4.98 Å². The van der Waals surface area contributed by atoms with Crippen molar-refractivity contribution in [2.45, 2.75) is 26.1 Å². The summed E-state index contributed by atoms with van der Waals surface area (Å²) in [7, 11) is 0. The largest absolute Gasteiger partial charge is 0.416 e. The molecule has 0 aliphatic rings. The Morgan fingerprint density at radius 2 is 2.11 bits per heavy atom. The van der Waals surface area contributed by atoms with Crippen LogP contribution in [0.4, 0.5) is 24.8 Å². The molecule has 1 rings (SSSR count). The molecule has 0 fully saturated rings. The van der Waals surface area contributed by atoms with Crippen LogP contribution in [0, 0.1) is 0 Å². The molecule has 0 spiro atoms. The molecule has 0 aliphatic carbocycles. The first-order valence-electron chi connectivity index (χ1n) is 5.53. The minimum Gasteiger partial charge on any atom is -0.384 e. The number of pyridine rings is 1. The topological polar surface area (TPSA) is 60.2 Å². The number of ether oxygens (including phenoxy) is 1. The van der Waals surface area contributed by atoms with E-state index in [1.807, 2.05) is 13.8 Å². The summed E-state index contributed by atoms with van der Waals surface area (Å²) in [6.07, 6.45) is -4.55. The fourth-order valence-corrected chi connectivity index (χ4v) is 1.40. The standard InChI is InChI=1S/C11H16F3N3O/c1-3-18-7(2)6-16-10-5-8(11(12,13)14)4-9(15)17-10/h4-5,7H,3,6H2,1-2H3,(H3,15,16,17). The maximum Gasteiger partial charge on any atom is 0.416 e. The van der Waals surface area contributed by atoms with Crippen molar-refractivity contribution in [2.75, 3.05) is 24.2 Å². The molecule has 0 bridgehead atoms. The van der Waals surface area contributed by atoms with Gasteiger partial charge in [-0.25, -0.2) is 4.98 Å². The van der Waals surface area contributed by atoms with Crippen molar-refractivity contribution in [3.8, 4) is 0 Å². The Balaban J connectivity index is 2.75. The first-order valence-corrected chi connectivity index (χ1v) is 5.53. The van der Waals surface area contributed by atoms with Crippen LogP contribution >= 0.6 is 0 Å². The van der Waals surface area contributed by atoms with E-state index in [1.54, 1.807) is 0 Å². The molecule has 0 saturated carbocycles. The third kappa shape index (κ3) is 4.40. The van der Waals surface area contributed by atoms with E-state index in [4.69, 9.17) is 10.5 Å². The highest BCUT2D eigenvalue weighted by atomic mass is 19.4. The van der Waals surface area contributed by atoms with Gasteiger partial charge in [-0.2, -0.15) is 13.2 Å². The van der Waals surface area contributed by atoms with Gasteiger partial charge in [-0.3, -0.25) is 0 Å². The summed E-state index contributed by atoms with van der Waals surface area (Å²) in [6, 6.07) is 1.73. The van der Waals surface area contributed by atoms with E-state index in [0.29, 0.717) is 13.2 Å². The van der Waals surface area contributed by atoms with E-state index in [9.17, 15) is 13.2 Å². The van der Waals surface area contributed by atoms with Crippen LogP contribution in [0.25, 0.3) is 0 Å². The molecule has 4 nitrogen and oxygen atoms in total. The van der Waals surface area contributed by atoms with E-state index in [-0.39, 0.29) is 17.7 Å². The van der Waals surface area contributed by atoms with Crippen LogP contribution in [0.2, 0.25) is 0 Å². The Kier molecular flexibility index (Phi) is 4.77. The van der Waals surface area contributed by atoms with Gasteiger partial charge >= 0.3 is 6.18 Å². The number of aromatic nitrogens is 1. The van der Waals surface area contributed by atoms with Crippen molar-refractivity contribution in [1.29, 1.82) is 0 Å². The van der Waals surface area contributed by atoms with Crippen molar-refractivity contribution >= 4 is 11.6 Å². The molecule has 0 saturated heterocycles. The molecule has 0 radical (unpaired) electrons. The minimum absolute atomic E-state index is 0.0916. The Bertz CT molecular complexity index is 396. The second-order valence-electron chi connectivity index (χ2n) is 3.81. The molecule has 1 aromatic rings. The average Bonchev–Trinajstić information content (AvgIpc) is 2.25. The lowest BCUT2D eigenvalue weighted by atomic mass is 10.2. The second-order valence-corrected chi connectivity index (χ2v) is 3.81. The SMILES string of the molecule is CCOC(C)CNc1cc(C(F)(F)F)cc(N)n1. The Hall–Kier alpha value is -1.50. The van der Waals surface area contributed by atoms with Gasteiger partial charge in [-0.15, -0.1) is 0 Å². The van der Waals surface area contributed by atoms with Crippen LogP contribution in [0.5, 0.6) is 0 Å². The zero-order chi connectivity index (χ0) is 13.8. The predicted molar refractivity (Wildman–Crippen MR) is 63.2 cm³/mol. The highest BCUT2D eigenvalue weighted by Crippen LogP contribution is 2.31. The lowest BCUT2D eigenvalue weighted by Gasteiger charge is -2.14. The monoisotopic (exact) mass is 263 g/mol. The Labute approximate surface area is 103 Å². The second kappa shape index (κ2) is 5.90. The normalized spacial score (nSPS) is 13.4. The van der Waals surface area contributed by atoms with Crippen LogP contribution < -0.4 is 11.1 Å². The molecule has 1 atom stereocenters. The Morgan fingerprint density at radius 3 is 2.67 bits per heavy atom. The molecule has 7 heteroatoms. The summed E-state index contributed by atoms with van der Waals surface area (Å²) < 4.78 is 42.8. The van der Waals surface area contributed by atoms with Gasteiger partial charge in [0.25, 0.3) is 0 Å². The van der Waals surface area contributed by atoms with Crippen LogP contribution in [0.15, 0.2) is 12.1 Å². The van der Waals surface area contributed by atoms with Gasteiger partial charge in [0, 0.05) is 13.2 Å². The number of alkyl halides is 3. The van der Waals surface area contributed by atoms with E-state index >= 15 is 0 Å². The number of halogens is 3. The first-order chi connectivity index (χ1) is 8.32. The lowest BCUT2D eigenvalue weighted by Crippen LogP contribution is -2.20. The first kappa shape index (κ1) is 14.6. The third-order valence-corrected chi connectivity index (χ3v) is 2.19. The number of hydrogen-bond acceptors (Lipinski definition) is 4. The van der Waals surface area contributed by atoms with E-state index in [2.05, 4.69) is 10.3 Å². The molecule has 0 aliphatic heterocycles. The summed E-state index contributed by atoms with van der Waals surface area (Å²) in [5.74, 6) is -0.0785. The third-order valence-electron chi connectivity index (χ3n) is 2.19. The summed E-state index contributed by atoms with van der Waals surface area (Å²) >= 11 is 0. The summed E-state index contributed by atoms with van der Waals surface area (Å²) in [5.41, 5.74) is 4.52. The van der Waals surface area contributed by atoms with Gasteiger partial charge in [-0.1, -0.05) is 0 Å². The van der Waals surface area contributed by atoms with Gasteiger partial charge in [0.15, 0.2) is 0 Å². The number of nitrogens with zero attached hydrogens (tertiary/aromatic N) is 1. The summed E-state index contributed by atoms with van der Waals surface area (Å²) in [4.78, 5) is 3.79. The molecule has 1 unspecified atom stereocenters. The molecule has 102 valence electrons. The highest BCUT2D eigenvalue weighted by molar-refractivity contribution is 5.47. The number of hydrogen-bond donors (Lipinski definition) is 2. The van der Waals surface area contributed by atoms with Crippen molar-refractivity contribution in [3.63, 3.8) is 0 Å². The molecule has 18 heavy (non-hydrogen) atoms. The van der Waals surface area contributed by atoms with Gasteiger partial charge in [0.1, 0.15) is 11.6 Å². The van der Waals surface area contributed by atoms with Crippen LogP contribution in [0.1, 0.15) is 19.4 Å². The quantitative estimate of drug-likeness (QED) is 0.857. The van der Waals surface area contributed by atoms with Crippen LogP contribution in [-0.4, -0.2) is 24.2 Å². The maximum absolute atomic E-state index is 12.5. The van der Waals surface area contributed by atoms with Crippen molar-refractivity contribution in [2.24, 2.45) is 0 Å². The molecule has 3 N–H and O–H groups in total. The highest BCUT2D eigenvalue weighted by Gasteiger charge is 2.31.